The van der Waals surface area contributed by atoms with Gasteiger partial charge in [-0.05, 0) is 13.0 Å². The van der Waals surface area contributed by atoms with Gasteiger partial charge in [0.2, 0.25) is 0 Å². The summed E-state index contributed by atoms with van der Waals surface area (Å²) in [4.78, 5) is 10.0. The van der Waals surface area contributed by atoms with Gasteiger partial charge in [0.25, 0.3) is 5.69 Å². The van der Waals surface area contributed by atoms with Gasteiger partial charge in [0.1, 0.15) is 10.8 Å². The maximum absolute atomic E-state index is 10.6. The van der Waals surface area contributed by atoms with E-state index in [9.17, 15) is 10.1 Å². The molecule has 1 aromatic rings. The summed E-state index contributed by atoms with van der Waals surface area (Å²) in [5.41, 5.74) is -0.122. The number of halogens is 1. The van der Waals surface area contributed by atoms with Crippen LogP contribution in [0.25, 0.3) is 0 Å². The summed E-state index contributed by atoms with van der Waals surface area (Å²) in [6.45, 7) is 2.50. The molecule has 1 atom stereocenters. The molecular formula is C11H14ClNO4. The molecule has 5 nitrogen and oxygen atoms in total. The molecule has 0 saturated heterocycles. The van der Waals surface area contributed by atoms with Crippen molar-refractivity contribution in [3.8, 4) is 5.75 Å². The minimum Gasteiger partial charge on any atom is -0.491 e. The van der Waals surface area contributed by atoms with Gasteiger partial charge in [-0.2, -0.15) is 0 Å². The van der Waals surface area contributed by atoms with Gasteiger partial charge in [-0.1, -0.05) is 11.6 Å². The van der Waals surface area contributed by atoms with E-state index in [2.05, 4.69) is 0 Å². The largest absolute Gasteiger partial charge is 0.491 e. The Hall–Kier alpha value is -1.33. The van der Waals surface area contributed by atoms with Crippen LogP contribution in [-0.2, 0) is 4.74 Å². The summed E-state index contributed by atoms with van der Waals surface area (Å²) in [5.74, 6) is 0.518. The lowest BCUT2D eigenvalue weighted by Crippen LogP contribution is -2.14. The monoisotopic (exact) mass is 259 g/mol. The topological polar surface area (TPSA) is 61.6 Å². The second-order valence-electron chi connectivity index (χ2n) is 3.58. The Labute approximate surface area is 104 Å². The summed E-state index contributed by atoms with van der Waals surface area (Å²) in [5, 5.41) is 10.6. The first-order chi connectivity index (χ1) is 8.04. The fourth-order valence-corrected chi connectivity index (χ4v) is 1.52. The Morgan fingerprint density at radius 1 is 1.53 bits per heavy atom. The molecule has 0 spiro atoms. The zero-order valence-corrected chi connectivity index (χ0v) is 10.4. The van der Waals surface area contributed by atoms with Gasteiger partial charge in [0.15, 0.2) is 0 Å². The van der Waals surface area contributed by atoms with Gasteiger partial charge in [-0.25, -0.2) is 0 Å². The van der Waals surface area contributed by atoms with Crippen LogP contribution in [0, 0.1) is 10.1 Å². The standard InChI is InChI=1S/C11H14ClNO4/c1-8(5-6-16-2)17-9-3-4-11(13(14)15)10(12)7-9/h3-4,7-8H,5-6H2,1-2H3. The Morgan fingerprint density at radius 2 is 2.24 bits per heavy atom. The van der Waals surface area contributed by atoms with Crippen LogP contribution in [0.5, 0.6) is 5.75 Å². The van der Waals surface area contributed by atoms with Gasteiger partial charge in [0.05, 0.1) is 11.0 Å². The van der Waals surface area contributed by atoms with Crippen LogP contribution >= 0.6 is 11.6 Å². The average Bonchev–Trinajstić information content (AvgIpc) is 2.26. The fourth-order valence-electron chi connectivity index (χ4n) is 1.28. The summed E-state index contributed by atoms with van der Waals surface area (Å²) in [7, 11) is 1.62. The highest BCUT2D eigenvalue weighted by atomic mass is 35.5. The molecule has 0 fully saturated rings. The van der Waals surface area contributed by atoms with Crippen molar-refractivity contribution in [3.05, 3.63) is 33.3 Å². The van der Waals surface area contributed by atoms with Gasteiger partial charge < -0.3 is 9.47 Å². The van der Waals surface area contributed by atoms with Crippen molar-refractivity contribution in [2.24, 2.45) is 0 Å². The average molecular weight is 260 g/mol. The molecule has 0 heterocycles. The van der Waals surface area contributed by atoms with Crippen molar-refractivity contribution in [3.63, 3.8) is 0 Å². The predicted octanol–water partition coefficient (Wildman–Crippen LogP) is 3.05. The van der Waals surface area contributed by atoms with E-state index in [4.69, 9.17) is 21.1 Å². The van der Waals surface area contributed by atoms with Gasteiger partial charge in [-0.3, -0.25) is 10.1 Å². The molecule has 1 aromatic carbocycles. The minimum atomic E-state index is -0.527. The predicted molar refractivity (Wildman–Crippen MR) is 64.7 cm³/mol. The number of nitro groups is 1. The Bertz CT molecular complexity index is 397. The van der Waals surface area contributed by atoms with Crippen LogP contribution in [0.1, 0.15) is 13.3 Å². The van der Waals surface area contributed by atoms with Crippen LogP contribution in [0.2, 0.25) is 5.02 Å². The quantitative estimate of drug-likeness (QED) is 0.582. The maximum atomic E-state index is 10.6. The summed E-state index contributed by atoms with van der Waals surface area (Å²) < 4.78 is 10.5. The molecule has 0 bridgehead atoms. The molecule has 0 saturated carbocycles. The minimum absolute atomic E-state index is 0.0347. The van der Waals surface area contributed by atoms with Gasteiger partial charge in [0, 0.05) is 32.3 Å². The van der Waals surface area contributed by atoms with E-state index in [1.807, 2.05) is 6.92 Å². The number of nitrogens with zero attached hydrogens (tertiary/aromatic N) is 1. The highest BCUT2D eigenvalue weighted by Crippen LogP contribution is 2.28. The molecule has 94 valence electrons. The fraction of sp³-hybridized carbons (Fsp3) is 0.455. The summed E-state index contributed by atoms with van der Waals surface area (Å²) >= 11 is 5.77. The van der Waals surface area contributed by atoms with Crippen molar-refractivity contribution in [2.45, 2.75) is 19.4 Å². The summed E-state index contributed by atoms with van der Waals surface area (Å²) in [6, 6.07) is 4.32. The number of hydrogen-bond acceptors (Lipinski definition) is 4. The van der Waals surface area contributed by atoms with Crippen molar-refractivity contribution >= 4 is 17.3 Å². The third-order valence-corrected chi connectivity index (χ3v) is 2.48. The van der Waals surface area contributed by atoms with E-state index in [1.54, 1.807) is 7.11 Å². The van der Waals surface area contributed by atoms with Crippen LogP contribution in [0.3, 0.4) is 0 Å². The molecule has 0 aliphatic heterocycles. The van der Waals surface area contributed by atoms with E-state index in [0.29, 0.717) is 12.4 Å². The van der Waals surface area contributed by atoms with Crippen LogP contribution in [-0.4, -0.2) is 24.7 Å². The van der Waals surface area contributed by atoms with Crippen molar-refractivity contribution in [1.29, 1.82) is 0 Å². The lowest BCUT2D eigenvalue weighted by atomic mass is 10.2. The number of methoxy groups -OCH3 is 1. The summed E-state index contributed by atoms with van der Waals surface area (Å²) in [6.07, 6.45) is 0.706. The highest BCUT2D eigenvalue weighted by Gasteiger charge is 2.13. The Kier molecular flexibility index (Phi) is 5.18. The smallest absolute Gasteiger partial charge is 0.288 e. The zero-order chi connectivity index (χ0) is 12.8. The number of nitro benzene ring substituents is 1. The first-order valence-electron chi connectivity index (χ1n) is 5.14. The lowest BCUT2D eigenvalue weighted by Gasteiger charge is -2.14. The number of benzene rings is 1. The molecule has 0 radical (unpaired) electrons. The lowest BCUT2D eigenvalue weighted by molar-refractivity contribution is -0.384. The van der Waals surface area contributed by atoms with E-state index < -0.39 is 4.92 Å². The Balaban J connectivity index is 2.67. The van der Waals surface area contributed by atoms with Gasteiger partial charge in [-0.15, -0.1) is 0 Å². The van der Waals surface area contributed by atoms with Crippen LogP contribution in [0.4, 0.5) is 5.69 Å². The van der Waals surface area contributed by atoms with E-state index >= 15 is 0 Å². The van der Waals surface area contributed by atoms with E-state index in [0.717, 1.165) is 6.42 Å². The van der Waals surface area contributed by atoms with Crippen LogP contribution in [0.15, 0.2) is 18.2 Å². The molecule has 0 N–H and O–H groups in total. The third-order valence-electron chi connectivity index (χ3n) is 2.18. The van der Waals surface area contributed by atoms with Crippen molar-refractivity contribution in [1.82, 2.24) is 0 Å². The zero-order valence-electron chi connectivity index (χ0n) is 9.68. The first kappa shape index (κ1) is 13.7. The third kappa shape index (κ3) is 4.20. The van der Waals surface area contributed by atoms with Gasteiger partial charge >= 0.3 is 0 Å². The second kappa shape index (κ2) is 6.42. The van der Waals surface area contributed by atoms with E-state index in [-0.39, 0.29) is 16.8 Å². The maximum Gasteiger partial charge on any atom is 0.288 e. The van der Waals surface area contributed by atoms with Crippen molar-refractivity contribution in [2.75, 3.05) is 13.7 Å². The SMILES string of the molecule is COCCC(C)Oc1ccc([N+](=O)[O-])c(Cl)c1. The normalized spacial score (nSPS) is 12.2. The molecule has 1 rings (SSSR count). The number of hydrogen-bond donors (Lipinski definition) is 0. The molecule has 6 heteroatoms. The highest BCUT2D eigenvalue weighted by molar-refractivity contribution is 6.32. The molecule has 0 aliphatic carbocycles. The molecular weight excluding hydrogens is 246 g/mol. The molecule has 0 amide bonds. The second-order valence-corrected chi connectivity index (χ2v) is 3.99. The molecule has 17 heavy (non-hydrogen) atoms. The van der Waals surface area contributed by atoms with Crippen molar-refractivity contribution < 1.29 is 14.4 Å². The first-order valence-corrected chi connectivity index (χ1v) is 5.52. The van der Waals surface area contributed by atoms with Crippen LogP contribution < -0.4 is 4.74 Å². The Morgan fingerprint density at radius 3 is 2.76 bits per heavy atom. The van der Waals surface area contributed by atoms with E-state index in [1.165, 1.54) is 18.2 Å². The number of ether oxygens (including phenoxy) is 2. The molecule has 0 aliphatic rings. The molecule has 1 unspecified atom stereocenters. The number of rotatable bonds is 6. The molecule has 0 aromatic heterocycles.